The van der Waals surface area contributed by atoms with Gasteiger partial charge in [-0.3, -0.25) is 10.2 Å². The van der Waals surface area contributed by atoms with Gasteiger partial charge in [0.1, 0.15) is 12.4 Å². The van der Waals surface area contributed by atoms with Crippen molar-refractivity contribution in [3.63, 3.8) is 0 Å². The Morgan fingerprint density at radius 1 is 1.10 bits per heavy atom. The van der Waals surface area contributed by atoms with Gasteiger partial charge in [-0.15, -0.1) is 5.06 Å². The average Bonchev–Trinajstić information content (AvgIpc) is 3.12. The number of hydroxylamine groups is 2. The molecule has 2 aromatic carbocycles. The van der Waals surface area contributed by atoms with Gasteiger partial charge in [0.05, 0.1) is 12.2 Å². The van der Waals surface area contributed by atoms with Gasteiger partial charge in [-0.1, -0.05) is 35.9 Å². The Morgan fingerprint density at radius 2 is 1.87 bits per heavy atom. The first-order valence-electron chi connectivity index (χ1n) is 10.00. The molecule has 7 heteroatoms. The summed E-state index contributed by atoms with van der Waals surface area (Å²) in [4.78, 5) is 21.9. The van der Waals surface area contributed by atoms with E-state index in [4.69, 9.17) is 19.7 Å². The van der Waals surface area contributed by atoms with E-state index in [1.165, 1.54) is 10.6 Å². The van der Waals surface area contributed by atoms with Crippen molar-refractivity contribution in [2.24, 2.45) is 4.99 Å². The number of amidine groups is 2. The summed E-state index contributed by atoms with van der Waals surface area (Å²) in [7, 11) is 0. The number of ether oxygens (including phenoxy) is 2. The number of aryl methyl sites for hydroxylation is 1. The van der Waals surface area contributed by atoms with Crippen molar-refractivity contribution in [3.8, 4) is 11.5 Å². The van der Waals surface area contributed by atoms with E-state index in [1.807, 2.05) is 44.2 Å². The number of allylic oxidation sites excluding steroid dienone is 1. The Morgan fingerprint density at radius 3 is 2.61 bits per heavy atom. The summed E-state index contributed by atoms with van der Waals surface area (Å²) in [6.45, 7) is 6.56. The fourth-order valence-electron chi connectivity index (χ4n) is 3.21. The normalized spacial score (nSPS) is 16.6. The van der Waals surface area contributed by atoms with Crippen molar-refractivity contribution >= 4 is 23.7 Å². The maximum atomic E-state index is 12.5. The average molecular weight is 417 g/mol. The predicted molar refractivity (Wildman–Crippen MR) is 118 cm³/mol. The molecule has 0 atom stereocenters. The van der Waals surface area contributed by atoms with Gasteiger partial charge < -0.3 is 14.3 Å². The third-order valence-corrected chi connectivity index (χ3v) is 4.77. The third-order valence-electron chi connectivity index (χ3n) is 4.77. The standard InChI is InChI=1S/C24H23N3O4/c1-4-29-21-13-18(9-10-20(21)30-14-17-7-5-15(2)6-8-17)12-19-23(25)27-22(26-24(19)28)11-16(3)31-27/h5-13,25H,4,14H2,1-3H3/b19-12-,25-23?. The van der Waals surface area contributed by atoms with Gasteiger partial charge in [0.15, 0.2) is 23.2 Å². The molecule has 4 rings (SSSR count). The number of amides is 1. The van der Waals surface area contributed by atoms with Crippen molar-refractivity contribution in [2.45, 2.75) is 27.4 Å². The lowest BCUT2D eigenvalue weighted by Gasteiger charge is -2.23. The van der Waals surface area contributed by atoms with Crippen LogP contribution in [0, 0.1) is 12.3 Å². The fraction of sp³-hybridized carbons (Fsp3) is 0.208. The van der Waals surface area contributed by atoms with E-state index in [9.17, 15) is 4.79 Å². The number of carbonyl (C=O) groups excluding carboxylic acids is 1. The van der Waals surface area contributed by atoms with E-state index >= 15 is 0 Å². The zero-order valence-corrected chi connectivity index (χ0v) is 17.6. The van der Waals surface area contributed by atoms with E-state index < -0.39 is 5.91 Å². The molecular formula is C24H23N3O4. The van der Waals surface area contributed by atoms with Crippen LogP contribution in [0.2, 0.25) is 0 Å². The number of rotatable bonds is 6. The van der Waals surface area contributed by atoms with Gasteiger partial charge in [-0.25, -0.2) is 0 Å². The Balaban J connectivity index is 1.57. The van der Waals surface area contributed by atoms with Crippen LogP contribution >= 0.6 is 0 Å². The zero-order chi connectivity index (χ0) is 22.0. The fourth-order valence-corrected chi connectivity index (χ4v) is 3.21. The summed E-state index contributed by atoms with van der Waals surface area (Å²) in [5, 5.41) is 9.58. The lowest BCUT2D eigenvalue weighted by molar-refractivity contribution is -0.114. The largest absolute Gasteiger partial charge is 0.490 e. The van der Waals surface area contributed by atoms with Gasteiger partial charge in [0.2, 0.25) is 0 Å². The quantitative estimate of drug-likeness (QED) is 0.703. The Hall–Kier alpha value is -3.87. The van der Waals surface area contributed by atoms with Crippen molar-refractivity contribution in [2.75, 3.05) is 6.61 Å². The monoisotopic (exact) mass is 417 g/mol. The van der Waals surface area contributed by atoms with Gasteiger partial charge >= 0.3 is 0 Å². The highest BCUT2D eigenvalue weighted by Gasteiger charge is 2.34. The third kappa shape index (κ3) is 4.35. The summed E-state index contributed by atoms with van der Waals surface area (Å²) in [5.41, 5.74) is 3.09. The molecule has 0 spiro atoms. The molecule has 0 aliphatic carbocycles. The number of hydrogen-bond donors (Lipinski definition) is 1. The molecular weight excluding hydrogens is 394 g/mol. The summed E-state index contributed by atoms with van der Waals surface area (Å²) >= 11 is 0. The molecule has 1 N–H and O–H groups in total. The molecule has 2 heterocycles. The van der Waals surface area contributed by atoms with Crippen LogP contribution in [-0.2, 0) is 16.2 Å². The summed E-state index contributed by atoms with van der Waals surface area (Å²) in [6, 6.07) is 13.5. The van der Waals surface area contributed by atoms with Gasteiger partial charge in [-0.05, 0) is 50.1 Å². The lowest BCUT2D eigenvalue weighted by Crippen LogP contribution is -2.38. The molecule has 0 radical (unpaired) electrons. The molecule has 0 aromatic heterocycles. The number of carbonyl (C=O) groups is 1. The minimum atomic E-state index is -0.483. The van der Waals surface area contributed by atoms with Crippen molar-refractivity contribution in [1.82, 2.24) is 5.06 Å². The molecule has 2 aromatic rings. The van der Waals surface area contributed by atoms with Crippen molar-refractivity contribution in [1.29, 1.82) is 5.41 Å². The van der Waals surface area contributed by atoms with Crippen LogP contribution in [0.4, 0.5) is 0 Å². The highest BCUT2D eigenvalue weighted by atomic mass is 16.7. The number of hydrogen-bond acceptors (Lipinski definition) is 5. The second kappa shape index (κ2) is 8.47. The minimum Gasteiger partial charge on any atom is -0.490 e. The molecule has 0 bridgehead atoms. The molecule has 2 aliphatic rings. The summed E-state index contributed by atoms with van der Waals surface area (Å²) in [5.74, 6) is 1.53. The molecule has 0 fully saturated rings. The highest BCUT2D eigenvalue weighted by molar-refractivity contribution is 6.32. The molecule has 2 aliphatic heterocycles. The van der Waals surface area contributed by atoms with Crippen molar-refractivity contribution < 1.29 is 19.1 Å². The number of fused-ring (bicyclic) bond motifs is 1. The molecule has 158 valence electrons. The second-order valence-electron chi connectivity index (χ2n) is 7.24. The lowest BCUT2D eigenvalue weighted by atomic mass is 10.1. The van der Waals surface area contributed by atoms with E-state index in [0.717, 1.165) is 5.56 Å². The molecule has 1 amide bonds. The molecule has 0 unspecified atom stereocenters. The summed E-state index contributed by atoms with van der Waals surface area (Å²) < 4.78 is 11.7. The summed E-state index contributed by atoms with van der Waals surface area (Å²) in [6.07, 6.45) is 3.23. The first-order chi connectivity index (χ1) is 14.9. The topological polar surface area (TPSA) is 84.2 Å². The number of benzene rings is 2. The van der Waals surface area contributed by atoms with Crippen LogP contribution in [0.1, 0.15) is 30.5 Å². The van der Waals surface area contributed by atoms with Crippen LogP contribution < -0.4 is 9.47 Å². The Bertz CT molecular complexity index is 1130. The smallest absolute Gasteiger partial charge is 0.282 e. The van der Waals surface area contributed by atoms with Gasteiger partial charge in [0.25, 0.3) is 5.91 Å². The van der Waals surface area contributed by atoms with E-state index in [0.29, 0.717) is 41.9 Å². The van der Waals surface area contributed by atoms with Crippen LogP contribution in [0.3, 0.4) is 0 Å². The van der Waals surface area contributed by atoms with E-state index in [2.05, 4.69) is 4.99 Å². The second-order valence-corrected chi connectivity index (χ2v) is 7.24. The van der Waals surface area contributed by atoms with Gasteiger partial charge in [0, 0.05) is 6.08 Å². The highest BCUT2D eigenvalue weighted by Crippen LogP contribution is 2.31. The van der Waals surface area contributed by atoms with E-state index in [-0.39, 0.29) is 11.4 Å². The Labute approximate surface area is 180 Å². The number of nitrogens with one attached hydrogen (secondary N) is 1. The van der Waals surface area contributed by atoms with Crippen LogP contribution in [0.15, 0.2) is 64.9 Å². The first-order valence-corrected chi connectivity index (χ1v) is 10.00. The van der Waals surface area contributed by atoms with E-state index in [1.54, 1.807) is 31.2 Å². The van der Waals surface area contributed by atoms with Crippen molar-refractivity contribution in [3.05, 3.63) is 76.6 Å². The van der Waals surface area contributed by atoms with Gasteiger partial charge in [-0.2, -0.15) is 4.99 Å². The number of aliphatic imine (C=N–C) groups is 1. The molecule has 31 heavy (non-hydrogen) atoms. The first kappa shape index (κ1) is 20.4. The molecule has 0 saturated carbocycles. The Kier molecular flexibility index (Phi) is 5.58. The molecule has 0 saturated heterocycles. The SMILES string of the molecule is CCOc1cc(/C=C2/C(=N)N3OC(C)=CC3=NC2=O)ccc1OCc1ccc(C)cc1. The maximum Gasteiger partial charge on any atom is 0.282 e. The minimum absolute atomic E-state index is 0.0549. The zero-order valence-electron chi connectivity index (χ0n) is 17.6. The molecule has 7 nitrogen and oxygen atoms in total. The van der Waals surface area contributed by atoms with Crippen LogP contribution in [0.25, 0.3) is 6.08 Å². The predicted octanol–water partition coefficient (Wildman–Crippen LogP) is 4.42. The maximum absolute atomic E-state index is 12.5. The van der Waals surface area contributed by atoms with Crippen LogP contribution in [0.5, 0.6) is 11.5 Å². The number of nitrogens with zero attached hydrogens (tertiary/aromatic N) is 2. The van der Waals surface area contributed by atoms with Crippen LogP contribution in [-0.4, -0.2) is 29.2 Å².